The topological polar surface area (TPSA) is 70.4 Å². The van der Waals surface area contributed by atoms with Gasteiger partial charge in [-0.1, -0.05) is 37.1 Å². The van der Waals surface area contributed by atoms with Gasteiger partial charge in [-0.3, -0.25) is 9.89 Å². The molecule has 1 saturated heterocycles. The van der Waals surface area contributed by atoms with Gasteiger partial charge in [-0.2, -0.15) is 0 Å². The van der Waals surface area contributed by atoms with Gasteiger partial charge in [0.2, 0.25) is 0 Å². The van der Waals surface area contributed by atoms with Gasteiger partial charge in [0.1, 0.15) is 11.6 Å². The molecule has 0 radical (unpaired) electrons. The molecule has 2 aromatic rings. The summed E-state index contributed by atoms with van der Waals surface area (Å²) in [5.41, 5.74) is 2.67. The van der Waals surface area contributed by atoms with E-state index < -0.39 is 0 Å². The Labute approximate surface area is 209 Å². The highest BCUT2D eigenvalue weighted by Crippen LogP contribution is 2.15. The lowest BCUT2D eigenvalue weighted by Crippen LogP contribution is -2.38. The van der Waals surface area contributed by atoms with Crippen LogP contribution in [0.4, 0.5) is 0 Å². The van der Waals surface area contributed by atoms with E-state index in [0.717, 1.165) is 56.6 Å². The fourth-order valence-electron chi connectivity index (χ4n) is 4.57. The van der Waals surface area contributed by atoms with Crippen molar-refractivity contribution in [2.75, 3.05) is 26.7 Å². The normalized spacial score (nSPS) is 17.2. The van der Waals surface area contributed by atoms with Gasteiger partial charge in [-0.25, -0.2) is 0 Å². The number of likely N-dealkylation sites (tertiary alicyclic amines) is 1. The molecule has 7 nitrogen and oxygen atoms in total. The van der Waals surface area contributed by atoms with Crippen molar-refractivity contribution in [3.8, 4) is 0 Å². The van der Waals surface area contributed by atoms with Gasteiger partial charge >= 0.3 is 0 Å². The average molecular weight is 552 g/mol. The van der Waals surface area contributed by atoms with Gasteiger partial charge in [0.25, 0.3) is 0 Å². The minimum absolute atomic E-state index is 0. The summed E-state index contributed by atoms with van der Waals surface area (Å²) in [7, 11) is 1.82. The Hall–Kier alpha value is -1.68. The van der Waals surface area contributed by atoms with Crippen LogP contribution in [0.1, 0.15) is 61.3 Å². The van der Waals surface area contributed by atoms with E-state index in [9.17, 15) is 0 Å². The molecule has 1 aromatic heterocycles. The average Bonchev–Trinajstić information content (AvgIpc) is 3.03. The maximum absolute atomic E-state index is 4.41. The van der Waals surface area contributed by atoms with Gasteiger partial charge in [-0.15, -0.1) is 34.2 Å². The second kappa shape index (κ2) is 13.1. The molecule has 1 aromatic carbocycles. The van der Waals surface area contributed by atoms with Crippen molar-refractivity contribution in [1.82, 2.24) is 30.3 Å². The lowest BCUT2D eigenvalue weighted by atomic mass is 10.1. The number of nitrogens with zero attached hydrogens (tertiary/aromatic N) is 5. The van der Waals surface area contributed by atoms with Crippen LogP contribution in [0.15, 0.2) is 29.3 Å². The third-order valence-electron chi connectivity index (χ3n) is 6.39. The van der Waals surface area contributed by atoms with E-state index in [-0.39, 0.29) is 24.0 Å². The number of halogens is 1. The van der Waals surface area contributed by atoms with E-state index in [1.54, 1.807) is 0 Å². The summed E-state index contributed by atoms with van der Waals surface area (Å²) in [6.07, 6.45) is 9.73. The van der Waals surface area contributed by atoms with E-state index in [0.29, 0.717) is 0 Å². The van der Waals surface area contributed by atoms with Crippen LogP contribution in [0.2, 0.25) is 0 Å². The molecule has 0 saturated carbocycles. The molecule has 0 atom stereocenters. The number of guanidine groups is 1. The molecule has 1 fully saturated rings. The van der Waals surface area contributed by atoms with E-state index in [1.165, 1.54) is 62.7 Å². The molecule has 0 amide bonds. The fourth-order valence-corrected chi connectivity index (χ4v) is 4.57. The molecule has 2 aliphatic rings. The zero-order valence-electron chi connectivity index (χ0n) is 19.4. The number of rotatable bonds is 7. The van der Waals surface area contributed by atoms with Crippen LogP contribution in [0.3, 0.4) is 0 Å². The van der Waals surface area contributed by atoms with Crippen LogP contribution in [-0.2, 0) is 32.5 Å². The first-order valence-corrected chi connectivity index (χ1v) is 12.0. The Bertz CT molecular complexity index is 841. The highest BCUT2D eigenvalue weighted by molar-refractivity contribution is 14.0. The van der Waals surface area contributed by atoms with Crippen LogP contribution in [-0.4, -0.2) is 52.3 Å². The number of hydrogen-bond donors (Lipinski definition) is 2. The Morgan fingerprint density at radius 1 is 0.906 bits per heavy atom. The molecule has 2 N–H and O–H groups in total. The maximum Gasteiger partial charge on any atom is 0.191 e. The molecule has 8 heteroatoms. The van der Waals surface area contributed by atoms with Gasteiger partial charge in [0, 0.05) is 46.1 Å². The number of nitrogens with one attached hydrogen (secondary N) is 2. The molecule has 0 bridgehead atoms. The number of aryl methyl sites for hydroxylation is 1. The van der Waals surface area contributed by atoms with Crippen LogP contribution in [0, 0.1) is 0 Å². The molecular weight excluding hydrogens is 513 g/mol. The highest BCUT2D eigenvalue weighted by Gasteiger charge is 2.14. The van der Waals surface area contributed by atoms with Crippen molar-refractivity contribution in [2.45, 2.75) is 71.0 Å². The first-order valence-electron chi connectivity index (χ1n) is 12.0. The number of hydrogen-bond acceptors (Lipinski definition) is 4. The van der Waals surface area contributed by atoms with E-state index in [2.05, 4.69) is 59.6 Å². The predicted molar refractivity (Wildman–Crippen MR) is 140 cm³/mol. The van der Waals surface area contributed by atoms with Crippen molar-refractivity contribution in [1.29, 1.82) is 0 Å². The molecule has 176 valence electrons. The smallest absolute Gasteiger partial charge is 0.191 e. The lowest BCUT2D eigenvalue weighted by Gasteiger charge is -2.26. The monoisotopic (exact) mass is 551 g/mol. The maximum atomic E-state index is 4.41. The summed E-state index contributed by atoms with van der Waals surface area (Å²) in [5, 5.41) is 15.6. The number of aliphatic imine (C=N–C) groups is 1. The summed E-state index contributed by atoms with van der Waals surface area (Å²) >= 11 is 0. The van der Waals surface area contributed by atoms with Crippen molar-refractivity contribution in [3.63, 3.8) is 0 Å². The van der Waals surface area contributed by atoms with Crippen LogP contribution in [0.25, 0.3) is 0 Å². The summed E-state index contributed by atoms with van der Waals surface area (Å²) in [5.74, 6) is 3.07. The molecule has 0 spiro atoms. The molecule has 2 aliphatic heterocycles. The molecule has 32 heavy (non-hydrogen) atoms. The minimum atomic E-state index is 0. The van der Waals surface area contributed by atoms with Crippen molar-refractivity contribution in [3.05, 3.63) is 47.0 Å². The van der Waals surface area contributed by atoms with Crippen molar-refractivity contribution in [2.24, 2.45) is 4.99 Å². The fraction of sp³-hybridized carbons (Fsp3) is 0.625. The molecular formula is C24H38IN7. The third kappa shape index (κ3) is 7.16. The van der Waals surface area contributed by atoms with E-state index in [1.807, 2.05) is 7.05 Å². The molecule has 3 heterocycles. The first kappa shape index (κ1) is 25.0. The van der Waals surface area contributed by atoms with Crippen LogP contribution < -0.4 is 10.6 Å². The Balaban J connectivity index is 0.00000289. The lowest BCUT2D eigenvalue weighted by molar-refractivity contribution is 0.221. The number of piperidine rings is 1. The first-order chi connectivity index (χ1) is 15.3. The zero-order chi connectivity index (χ0) is 21.3. The quantitative estimate of drug-likeness (QED) is 0.313. The number of aromatic nitrogens is 3. The standard InChI is InChI=1S/C24H37N7.HI/c1-25-24(26-14-13-23-29-28-22-8-4-2-7-17-31(22)23)27-18-20-9-11-21(12-10-20)19-30-15-5-3-6-16-30;/h9-12H,2-8,13-19H2,1H3,(H2,25,26,27);1H. The highest BCUT2D eigenvalue weighted by atomic mass is 127. The number of benzene rings is 1. The SMILES string of the molecule is CN=C(NCCc1nnc2n1CCCCC2)NCc1ccc(CN2CCCCC2)cc1.I. The van der Waals surface area contributed by atoms with Gasteiger partial charge in [-0.05, 0) is 49.9 Å². The summed E-state index contributed by atoms with van der Waals surface area (Å²) in [6, 6.07) is 8.98. The second-order valence-corrected chi connectivity index (χ2v) is 8.75. The van der Waals surface area contributed by atoms with E-state index >= 15 is 0 Å². The van der Waals surface area contributed by atoms with E-state index in [4.69, 9.17) is 0 Å². The van der Waals surface area contributed by atoms with Crippen LogP contribution >= 0.6 is 24.0 Å². The van der Waals surface area contributed by atoms with Crippen molar-refractivity contribution < 1.29 is 0 Å². The Morgan fingerprint density at radius 3 is 2.41 bits per heavy atom. The predicted octanol–water partition coefficient (Wildman–Crippen LogP) is 3.52. The number of fused-ring (bicyclic) bond motifs is 1. The molecule has 4 rings (SSSR count). The Kier molecular flexibility index (Phi) is 10.2. The van der Waals surface area contributed by atoms with Gasteiger partial charge in [0.15, 0.2) is 5.96 Å². The minimum Gasteiger partial charge on any atom is -0.356 e. The third-order valence-corrected chi connectivity index (χ3v) is 6.39. The summed E-state index contributed by atoms with van der Waals surface area (Å²) < 4.78 is 2.32. The second-order valence-electron chi connectivity index (χ2n) is 8.75. The molecule has 0 aliphatic carbocycles. The van der Waals surface area contributed by atoms with Gasteiger partial charge in [0.05, 0.1) is 0 Å². The van der Waals surface area contributed by atoms with Crippen molar-refractivity contribution >= 4 is 29.9 Å². The van der Waals surface area contributed by atoms with Crippen LogP contribution in [0.5, 0.6) is 0 Å². The molecule has 0 unspecified atom stereocenters. The summed E-state index contributed by atoms with van der Waals surface area (Å²) in [6.45, 7) is 6.17. The largest absolute Gasteiger partial charge is 0.356 e. The summed E-state index contributed by atoms with van der Waals surface area (Å²) in [4.78, 5) is 6.93. The Morgan fingerprint density at radius 2 is 1.62 bits per heavy atom. The van der Waals surface area contributed by atoms with Gasteiger partial charge < -0.3 is 15.2 Å². The zero-order valence-corrected chi connectivity index (χ0v) is 21.7.